The molecule has 8 nitrogen and oxygen atoms in total. The van der Waals surface area contributed by atoms with E-state index in [-0.39, 0.29) is 11.3 Å². The van der Waals surface area contributed by atoms with Gasteiger partial charge in [-0.25, -0.2) is 4.98 Å². The van der Waals surface area contributed by atoms with Gasteiger partial charge in [0.05, 0.1) is 19.1 Å². The van der Waals surface area contributed by atoms with E-state index in [1.54, 1.807) is 19.2 Å². The second-order valence-corrected chi connectivity index (χ2v) is 6.33. The Labute approximate surface area is 152 Å². The van der Waals surface area contributed by atoms with Crippen molar-refractivity contribution in [2.75, 3.05) is 19.5 Å². The number of benzene rings is 2. The van der Waals surface area contributed by atoms with Crippen LogP contribution in [0.3, 0.4) is 0 Å². The molecule has 0 atom stereocenters. The number of hydrogen-bond acceptors (Lipinski definition) is 7. The standard InChI is InChI=1S/C17H15N3O5S/c1-9-10(5-4-6-11(9)20(22)23)16(21)19-17-18-14-12(24-2)7-8-13(25-3)15(14)26-17/h4-8H,1-3H3,(H,18,19,21). The minimum absolute atomic E-state index is 0.106. The van der Waals surface area contributed by atoms with Gasteiger partial charge < -0.3 is 9.47 Å². The lowest BCUT2D eigenvalue weighted by atomic mass is 10.1. The number of fused-ring (bicyclic) bond motifs is 1. The third-order valence-electron chi connectivity index (χ3n) is 3.88. The monoisotopic (exact) mass is 373 g/mol. The molecule has 0 bridgehead atoms. The highest BCUT2D eigenvalue weighted by atomic mass is 32.1. The normalized spacial score (nSPS) is 10.6. The first kappa shape index (κ1) is 17.6. The van der Waals surface area contributed by atoms with Crippen LogP contribution in [0.5, 0.6) is 11.5 Å². The Bertz CT molecular complexity index is 974. The molecule has 0 fully saturated rings. The zero-order chi connectivity index (χ0) is 18.8. The summed E-state index contributed by atoms with van der Waals surface area (Å²) in [5.74, 6) is 0.706. The van der Waals surface area contributed by atoms with Crippen molar-refractivity contribution in [3.63, 3.8) is 0 Å². The van der Waals surface area contributed by atoms with E-state index >= 15 is 0 Å². The highest BCUT2D eigenvalue weighted by molar-refractivity contribution is 7.22. The molecule has 1 N–H and O–H groups in total. The highest BCUT2D eigenvalue weighted by Gasteiger charge is 2.20. The third kappa shape index (κ3) is 3.04. The van der Waals surface area contributed by atoms with Crippen molar-refractivity contribution in [3.05, 3.63) is 51.6 Å². The summed E-state index contributed by atoms with van der Waals surface area (Å²) < 4.78 is 11.3. The van der Waals surface area contributed by atoms with E-state index in [1.165, 1.54) is 43.6 Å². The second kappa shape index (κ2) is 6.96. The quantitative estimate of drug-likeness (QED) is 0.539. The van der Waals surface area contributed by atoms with Crippen molar-refractivity contribution in [2.24, 2.45) is 0 Å². The summed E-state index contributed by atoms with van der Waals surface area (Å²) in [6.45, 7) is 1.54. The molecule has 134 valence electrons. The van der Waals surface area contributed by atoms with Crippen molar-refractivity contribution in [3.8, 4) is 11.5 Å². The average molecular weight is 373 g/mol. The maximum absolute atomic E-state index is 12.6. The minimum Gasteiger partial charge on any atom is -0.495 e. The number of nitro groups is 1. The molecule has 0 aliphatic heterocycles. The van der Waals surface area contributed by atoms with Crippen LogP contribution in [0.1, 0.15) is 15.9 Å². The largest absolute Gasteiger partial charge is 0.495 e. The molecule has 0 spiro atoms. The van der Waals surface area contributed by atoms with E-state index in [1.807, 2.05) is 0 Å². The molecule has 0 saturated carbocycles. The molecule has 0 unspecified atom stereocenters. The lowest BCUT2D eigenvalue weighted by Gasteiger charge is -2.05. The summed E-state index contributed by atoms with van der Waals surface area (Å²) in [4.78, 5) is 27.5. The van der Waals surface area contributed by atoms with Gasteiger partial charge in [-0.1, -0.05) is 17.4 Å². The van der Waals surface area contributed by atoms with Gasteiger partial charge in [0.15, 0.2) is 5.13 Å². The lowest BCUT2D eigenvalue weighted by molar-refractivity contribution is -0.385. The van der Waals surface area contributed by atoms with Crippen LogP contribution in [0, 0.1) is 17.0 Å². The Morgan fingerprint density at radius 3 is 2.54 bits per heavy atom. The number of amides is 1. The lowest BCUT2D eigenvalue weighted by Crippen LogP contribution is -2.13. The SMILES string of the molecule is COc1ccc(OC)c2sc(NC(=O)c3cccc([N+](=O)[O-])c3C)nc12. The van der Waals surface area contributed by atoms with Gasteiger partial charge in [-0.15, -0.1) is 0 Å². The number of nitro benzene ring substituents is 1. The Morgan fingerprint density at radius 2 is 1.88 bits per heavy atom. The van der Waals surface area contributed by atoms with E-state index in [4.69, 9.17) is 9.47 Å². The number of carbonyl (C=O) groups excluding carboxylic acids is 1. The Kier molecular flexibility index (Phi) is 4.72. The Balaban J connectivity index is 1.98. The number of anilines is 1. The topological polar surface area (TPSA) is 104 Å². The molecule has 0 radical (unpaired) electrons. The number of methoxy groups -OCH3 is 2. The molecule has 3 aromatic rings. The number of ether oxygens (including phenoxy) is 2. The van der Waals surface area contributed by atoms with Crippen molar-refractivity contribution < 1.29 is 19.2 Å². The van der Waals surface area contributed by atoms with Gasteiger partial charge >= 0.3 is 0 Å². The fourth-order valence-corrected chi connectivity index (χ4v) is 3.54. The van der Waals surface area contributed by atoms with Gasteiger partial charge in [-0.05, 0) is 25.1 Å². The number of aromatic nitrogens is 1. The first-order chi connectivity index (χ1) is 12.5. The van der Waals surface area contributed by atoms with Crippen LogP contribution in [0.4, 0.5) is 10.8 Å². The van der Waals surface area contributed by atoms with Crippen LogP contribution in [0.2, 0.25) is 0 Å². The van der Waals surface area contributed by atoms with Gasteiger partial charge in [0, 0.05) is 17.2 Å². The zero-order valence-corrected chi connectivity index (χ0v) is 15.0. The van der Waals surface area contributed by atoms with Gasteiger partial charge in [0.1, 0.15) is 21.7 Å². The second-order valence-electron chi connectivity index (χ2n) is 5.33. The molecular weight excluding hydrogens is 358 g/mol. The first-order valence-electron chi connectivity index (χ1n) is 7.53. The van der Waals surface area contributed by atoms with Crippen LogP contribution in [-0.4, -0.2) is 30.0 Å². The summed E-state index contributed by atoms with van der Waals surface area (Å²) in [6.07, 6.45) is 0. The maximum Gasteiger partial charge on any atom is 0.273 e. The van der Waals surface area contributed by atoms with Gasteiger partial charge in [0.2, 0.25) is 0 Å². The fraction of sp³-hybridized carbons (Fsp3) is 0.176. The van der Waals surface area contributed by atoms with Crippen LogP contribution in [0.25, 0.3) is 10.2 Å². The number of nitrogens with one attached hydrogen (secondary N) is 1. The number of rotatable bonds is 5. The minimum atomic E-state index is -0.514. The number of thiazole rings is 1. The molecule has 0 aliphatic rings. The predicted octanol–water partition coefficient (Wildman–Crippen LogP) is 3.78. The van der Waals surface area contributed by atoms with Crippen molar-refractivity contribution >= 4 is 38.3 Å². The third-order valence-corrected chi connectivity index (χ3v) is 4.86. The fourth-order valence-electron chi connectivity index (χ4n) is 2.57. The molecule has 1 amide bonds. The summed E-state index contributed by atoms with van der Waals surface area (Å²) in [6, 6.07) is 7.86. The molecule has 1 aromatic heterocycles. The predicted molar refractivity (Wildman–Crippen MR) is 98.5 cm³/mol. The van der Waals surface area contributed by atoms with Crippen LogP contribution in [0.15, 0.2) is 30.3 Å². The molecule has 2 aromatic carbocycles. The molecular formula is C17H15N3O5S. The molecule has 0 aliphatic carbocycles. The summed E-state index contributed by atoms with van der Waals surface area (Å²) in [5.41, 5.74) is 0.983. The molecule has 0 saturated heterocycles. The first-order valence-corrected chi connectivity index (χ1v) is 8.34. The average Bonchev–Trinajstić information content (AvgIpc) is 3.04. The molecule has 1 heterocycles. The summed E-state index contributed by atoms with van der Waals surface area (Å²) in [5, 5.41) is 14.1. The number of hydrogen-bond donors (Lipinski definition) is 1. The van der Waals surface area contributed by atoms with E-state index in [2.05, 4.69) is 10.3 Å². The molecule has 3 rings (SSSR count). The number of nitrogens with zero attached hydrogens (tertiary/aromatic N) is 2. The van der Waals surface area contributed by atoms with Crippen LogP contribution < -0.4 is 14.8 Å². The summed E-state index contributed by atoms with van der Waals surface area (Å²) in [7, 11) is 3.08. The van der Waals surface area contributed by atoms with Crippen molar-refractivity contribution in [2.45, 2.75) is 6.92 Å². The van der Waals surface area contributed by atoms with Gasteiger partial charge in [0.25, 0.3) is 11.6 Å². The summed E-state index contributed by atoms with van der Waals surface area (Å²) >= 11 is 1.24. The highest BCUT2D eigenvalue weighted by Crippen LogP contribution is 2.39. The molecule has 26 heavy (non-hydrogen) atoms. The van der Waals surface area contributed by atoms with E-state index in [0.717, 1.165) is 4.70 Å². The van der Waals surface area contributed by atoms with Crippen LogP contribution >= 0.6 is 11.3 Å². The van der Waals surface area contributed by atoms with Crippen molar-refractivity contribution in [1.29, 1.82) is 0 Å². The van der Waals surface area contributed by atoms with E-state index in [0.29, 0.717) is 27.7 Å². The zero-order valence-electron chi connectivity index (χ0n) is 14.2. The van der Waals surface area contributed by atoms with Crippen molar-refractivity contribution in [1.82, 2.24) is 4.98 Å². The van der Waals surface area contributed by atoms with E-state index < -0.39 is 10.8 Å². The molecule has 9 heteroatoms. The maximum atomic E-state index is 12.6. The van der Waals surface area contributed by atoms with Gasteiger partial charge in [-0.2, -0.15) is 0 Å². The van der Waals surface area contributed by atoms with E-state index in [9.17, 15) is 14.9 Å². The van der Waals surface area contributed by atoms with Crippen LogP contribution in [-0.2, 0) is 0 Å². The van der Waals surface area contributed by atoms with Gasteiger partial charge in [-0.3, -0.25) is 20.2 Å². The Hall–Kier alpha value is -3.20. The Morgan fingerprint density at radius 1 is 1.19 bits per heavy atom. The number of carbonyl (C=O) groups is 1. The smallest absolute Gasteiger partial charge is 0.273 e.